The minimum atomic E-state index is -0.0294. The van der Waals surface area contributed by atoms with E-state index in [9.17, 15) is 4.79 Å². The van der Waals surface area contributed by atoms with Crippen LogP contribution in [0, 0.1) is 6.92 Å². The highest BCUT2D eigenvalue weighted by molar-refractivity contribution is 7.20. The quantitative estimate of drug-likeness (QED) is 0.692. The molecule has 7 heteroatoms. The highest BCUT2D eigenvalue weighted by atomic mass is 32.1. The third-order valence-corrected chi connectivity index (χ3v) is 6.52. The number of thiophene rings is 1. The Bertz CT molecular complexity index is 771. The first-order chi connectivity index (χ1) is 13.1. The van der Waals surface area contributed by atoms with Crippen LogP contribution in [0.4, 0.5) is 5.82 Å². The maximum absolute atomic E-state index is 12.6. The second-order valence-corrected chi connectivity index (χ2v) is 8.14. The average Bonchev–Trinajstić information content (AvgIpc) is 3.05. The van der Waals surface area contributed by atoms with Gasteiger partial charge in [0.2, 0.25) is 0 Å². The molecule has 148 valence electrons. The van der Waals surface area contributed by atoms with Crippen molar-refractivity contribution in [2.24, 2.45) is 0 Å². The number of fused-ring (bicyclic) bond motifs is 1. The van der Waals surface area contributed by atoms with Crippen LogP contribution in [0.5, 0.6) is 0 Å². The van der Waals surface area contributed by atoms with Crippen LogP contribution in [0.2, 0.25) is 0 Å². The van der Waals surface area contributed by atoms with E-state index >= 15 is 0 Å². The number of ether oxygens (including phenoxy) is 1. The van der Waals surface area contributed by atoms with Crippen LogP contribution in [0.1, 0.15) is 60.7 Å². The van der Waals surface area contributed by atoms with Crippen molar-refractivity contribution in [1.29, 1.82) is 0 Å². The van der Waals surface area contributed by atoms with Crippen LogP contribution in [0.25, 0.3) is 10.2 Å². The van der Waals surface area contributed by atoms with Gasteiger partial charge in [0.15, 0.2) is 0 Å². The molecule has 2 aromatic rings. The van der Waals surface area contributed by atoms with E-state index in [0.717, 1.165) is 32.9 Å². The topological polar surface area (TPSA) is 67.3 Å². The molecule has 6 nitrogen and oxygen atoms in total. The van der Waals surface area contributed by atoms with Crippen LogP contribution in [-0.2, 0) is 4.74 Å². The zero-order valence-corrected chi connectivity index (χ0v) is 17.4. The summed E-state index contributed by atoms with van der Waals surface area (Å²) in [6.45, 7) is 5.98. The van der Waals surface area contributed by atoms with Crippen molar-refractivity contribution >= 4 is 33.3 Å². The monoisotopic (exact) mass is 390 g/mol. The second kappa shape index (κ2) is 9.46. The fourth-order valence-electron chi connectivity index (χ4n) is 3.78. The predicted molar refractivity (Wildman–Crippen MR) is 111 cm³/mol. The van der Waals surface area contributed by atoms with Gasteiger partial charge in [-0.25, -0.2) is 9.97 Å². The average molecular weight is 391 g/mol. The van der Waals surface area contributed by atoms with Gasteiger partial charge in [0, 0.05) is 32.8 Å². The maximum Gasteiger partial charge on any atom is 0.261 e. The Morgan fingerprint density at radius 3 is 2.85 bits per heavy atom. The van der Waals surface area contributed by atoms with Gasteiger partial charge in [-0.3, -0.25) is 4.79 Å². The fraction of sp³-hybridized carbons (Fsp3) is 0.650. The van der Waals surface area contributed by atoms with Gasteiger partial charge in [-0.05, 0) is 38.7 Å². The number of nitrogens with zero attached hydrogens (tertiary/aromatic N) is 3. The summed E-state index contributed by atoms with van der Waals surface area (Å²) in [5.74, 6) is 0.925. The van der Waals surface area contributed by atoms with E-state index in [0.29, 0.717) is 25.8 Å². The second-order valence-electron chi connectivity index (χ2n) is 7.14. The molecule has 1 amide bonds. The molecule has 2 aromatic heterocycles. The molecule has 0 atom stereocenters. The molecule has 2 heterocycles. The van der Waals surface area contributed by atoms with Crippen molar-refractivity contribution in [2.45, 2.75) is 58.4 Å². The number of anilines is 1. The summed E-state index contributed by atoms with van der Waals surface area (Å²) in [6.07, 6.45) is 8.74. The zero-order chi connectivity index (χ0) is 19.2. The summed E-state index contributed by atoms with van der Waals surface area (Å²) in [7, 11) is 2.13. The van der Waals surface area contributed by atoms with Crippen molar-refractivity contribution in [1.82, 2.24) is 15.3 Å². The van der Waals surface area contributed by atoms with Crippen LogP contribution in [0.3, 0.4) is 0 Å². The van der Waals surface area contributed by atoms with Gasteiger partial charge < -0.3 is 15.0 Å². The van der Waals surface area contributed by atoms with Gasteiger partial charge in [-0.15, -0.1) is 11.3 Å². The van der Waals surface area contributed by atoms with E-state index in [1.807, 2.05) is 13.8 Å². The van der Waals surface area contributed by atoms with Crippen molar-refractivity contribution in [3.8, 4) is 0 Å². The van der Waals surface area contributed by atoms with Crippen molar-refractivity contribution in [3.05, 3.63) is 16.8 Å². The van der Waals surface area contributed by atoms with E-state index in [2.05, 4.69) is 27.2 Å². The number of carbonyl (C=O) groups excluding carboxylic acids is 1. The van der Waals surface area contributed by atoms with E-state index in [1.165, 1.54) is 43.4 Å². The zero-order valence-electron chi connectivity index (χ0n) is 16.6. The van der Waals surface area contributed by atoms with E-state index in [1.54, 1.807) is 6.33 Å². The number of aryl methyl sites for hydroxylation is 1. The molecule has 27 heavy (non-hydrogen) atoms. The molecule has 0 saturated heterocycles. The number of carbonyl (C=O) groups is 1. The number of aromatic nitrogens is 2. The summed E-state index contributed by atoms with van der Waals surface area (Å²) in [5.41, 5.74) is 0.982. The predicted octanol–water partition coefficient (Wildman–Crippen LogP) is 3.93. The molecular formula is C20H30N4O2S. The smallest absolute Gasteiger partial charge is 0.261 e. The number of rotatable bonds is 8. The largest absolute Gasteiger partial charge is 0.382 e. The van der Waals surface area contributed by atoms with Crippen molar-refractivity contribution < 1.29 is 9.53 Å². The van der Waals surface area contributed by atoms with E-state index < -0.39 is 0 Å². The molecular weight excluding hydrogens is 360 g/mol. The first-order valence-electron chi connectivity index (χ1n) is 9.96. The molecule has 0 unspecified atom stereocenters. The third kappa shape index (κ3) is 4.58. The fourth-order valence-corrected chi connectivity index (χ4v) is 4.84. The molecule has 0 aromatic carbocycles. The van der Waals surface area contributed by atoms with Gasteiger partial charge in [0.1, 0.15) is 17.0 Å². The Hall–Kier alpha value is -1.73. The van der Waals surface area contributed by atoms with Crippen LogP contribution in [0.15, 0.2) is 6.33 Å². The lowest BCUT2D eigenvalue weighted by molar-refractivity contribution is 0.0948. The molecule has 1 N–H and O–H groups in total. The molecule has 1 saturated carbocycles. The van der Waals surface area contributed by atoms with Gasteiger partial charge in [0.25, 0.3) is 5.91 Å². The van der Waals surface area contributed by atoms with E-state index in [4.69, 9.17) is 4.74 Å². The van der Waals surface area contributed by atoms with Gasteiger partial charge >= 0.3 is 0 Å². The lowest BCUT2D eigenvalue weighted by Gasteiger charge is -2.32. The number of nitrogens with one attached hydrogen (secondary N) is 1. The van der Waals surface area contributed by atoms with Crippen LogP contribution in [-0.4, -0.2) is 48.7 Å². The normalized spacial score (nSPS) is 15.2. The summed E-state index contributed by atoms with van der Waals surface area (Å²) >= 11 is 1.46. The van der Waals surface area contributed by atoms with Gasteiger partial charge in [-0.2, -0.15) is 0 Å². The van der Waals surface area contributed by atoms with Gasteiger partial charge in [0.05, 0.1) is 10.3 Å². The molecule has 0 bridgehead atoms. The molecule has 1 aliphatic carbocycles. The maximum atomic E-state index is 12.6. The number of amides is 1. The highest BCUT2D eigenvalue weighted by Crippen LogP contribution is 2.36. The standard InChI is InChI=1S/C20H30N4O2S/c1-4-26-12-8-11-21-19(25)17-14(2)16-18(22-13-23-20(16)27-17)24(3)15-9-6-5-7-10-15/h13,15H,4-12H2,1-3H3,(H,21,25). The Labute approximate surface area is 165 Å². The molecule has 1 aliphatic rings. The molecule has 1 fully saturated rings. The number of hydrogen-bond acceptors (Lipinski definition) is 6. The van der Waals surface area contributed by atoms with E-state index in [-0.39, 0.29) is 5.91 Å². The minimum absolute atomic E-state index is 0.0294. The van der Waals surface area contributed by atoms with Crippen LogP contribution < -0.4 is 10.2 Å². The van der Waals surface area contributed by atoms with Crippen molar-refractivity contribution in [2.75, 3.05) is 31.7 Å². The summed E-state index contributed by atoms with van der Waals surface area (Å²) < 4.78 is 5.32. The first-order valence-corrected chi connectivity index (χ1v) is 10.8. The molecule has 0 spiro atoms. The lowest BCUT2D eigenvalue weighted by Crippen LogP contribution is -2.34. The molecule has 3 rings (SSSR count). The third-order valence-electron chi connectivity index (χ3n) is 5.32. The summed E-state index contributed by atoms with van der Waals surface area (Å²) in [4.78, 5) is 25.6. The Kier molecular flexibility index (Phi) is 7.01. The molecule has 0 aliphatic heterocycles. The van der Waals surface area contributed by atoms with Gasteiger partial charge in [-0.1, -0.05) is 19.3 Å². The number of hydrogen-bond donors (Lipinski definition) is 1. The first kappa shape index (κ1) is 20.0. The van der Waals surface area contributed by atoms with Crippen LogP contribution >= 0.6 is 11.3 Å². The highest BCUT2D eigenvalue weighted by Gasteiger charge is 2.24. The summed E-state index contributed by atoms with van der Waals surface area (Å²) in [5, 5.41) is 4.02. The van der Waals surface area contributed by atoms with Crippen molar-refractivity contribution in [3.63, 3.8) is 0 Å². The SMILES string of the molecule is CCOCCCNC(=O)c1sc2ncnc(N(C)C3CCCCC3)c2c1C. The Balaban J connectivity index is 1.79. The minimum Gasteiger partial charge on any atom is -0.382 e. The Morgan fingerprint density at radius 1 is 1.33 bits per heavy atom. The Morgan fingerprint density at radius 2 is 2.11 bits per heavy atom. The lowest BCUT2D eigenvalue weighted by atomic mass is 9.94. The summed E-state index contributed by atoms with van der Waals surface area (Å²) in [6, 6.07) is 0.520. The molecule has 0 radical (unpaired) electrons.